The highest BCUT2D eigenvalue weighted by Crippen LogP contribution is 2.29. The summed E-state index contributed by atoms with van der Waals surface area (Å²) < 4.78 is 0. The number of nitrogens with two attached hydrogens (primary N) is 1. The van der Waals surface area contributed by atoms with Crippen molar-refractivity contribution >= 4 is 11.8 Å². The van der Waals surface area contributed by atoms with Gasteiger partial charge in [-0.05, 0) is 49.7 Å². The van der Waals surface area contributed by atoms with Crippen LogP contribution in [0, 0.1) is 5.92 Å². The number of H-pyrrole nitrogens is 1. The molecule has 6 nitrogen and oxygen atoms in total. The lowest BCUT2D eigenvalue weighted by Crippen LogP contribution is -2.34. The quantitative estimate of drug-likeness (QED) is 0.727. The second-order valence-electron chi connectivity index (χ2n) is 7.72. The Balaban J connectivity index is 1.58. The number of pyridine rings is 1. The Hall–Kier alpha value is -2.11. The number of hydrogen-bond acceptors (Lipinski definition) is 3. The molecule has 1 atom stereocenters. The first-order chi connectivity index (χ1) is 12.5. The highest BCUT2D eigenvalue weighted by atomic mass is 16.2. The average Bonchev–Trinajstić information content (AvgIpc) is 2.62. The molecule has 1 aromatic rings. The summed E-state index contributed by atoms with van der Waals surface area (Å²) in [5, 5.41) is 3.09. The van der Waals surface area contributed by atoms with Gasteiger partial charge in [0.25, 0.3) is 11.5 Å². The lowest BCUT2D eigenvalue weighted by molar-refractivity contribution is -0.122. The highest BCUT2D eigenvalue weighted by molar-refractivity contribution is 5.92. The van der Waals surface area contributed by atoms with Crippen LogP contribution < -0.4 is 16.6 Å². The third-order valence-corrected chi connectivity index (χ3v) is 5.79. The number of nitrogens with one attached hydrogen (secondary N) is 2. The molecule has 1 aromatic heterocycles. The largest absolute Gasteiger partial charge is 0.365 e. The number of carbonyl (C=O) groups is 2. The van der Waals surface area contributed by atoms with Crippen molar-refractivity contribution in [2.75, 3.05) is 0 Å². The molecule has 1 fully saturated rings. The number of aromatic amines is 1. The first-order valence-corrected chi connectivity index (χ1v) is 9.90. The molecule has 26 heavy (non-hydrogen) atoms. The highest BCUT2D eigenvalue weighted by Gasteiger charge is 2.25. The van der Waals surface area contributed by atoms with Crippen molar-refractivity contribution in [2.45, 2.75) is 76.7 Å². The molecular formula is C20H29N3O3. The SMILES string of the molecule is NC(=O)c1cc2c([nH]c1=O)CCCC2NC(=O)CCCC1CCCCC1. The Morgan fingerprint density at radius 3 is 2.65 bits per heavy atom. The van der Waals surface area contributed by atoms with E-state index in [0.29, 0.717) is 6.42 Å². The minimum Gasteiger partial charge on any atom is -0.365 e. The zero-order valence-electron chi connectivity index (χ0n) is 15.3. The van der Waals surface area contributed by atoms with Gasteiger partial charge in [0.15, 0.2) is 0 Å². The molecule has 0 spiro atoms. The van der Waals surface area contributed by atoms with Crippen LogP contribution in [0.25, 0.3) is 0 Å². The number of aryl methyl sites for hydroxylation is 1. The Bertz CT molecular complexity index is 720. The smallest absolute Gasteiger partial charge is 0.261 e. The topological polar surface area (TPSA) is 105 Å². The fourth-order valence-electron chi connectivity index (χ4n) is 4.37. The van der Waals surface area contributed by atoms with E-state index in [1.807, 2.05) is 0 Å². The molecule has 2 aliphatic carbocycles. The molecule has 6 heteroatoms. The van der Waals surface area contributed by atoms with Gasteiger partial charge in [0, 0.05) is 12.1 Å². The summed E-state index contributed by atoms with van der Waals surface area (Å²) in [6, 6.07) is 1.40. The van der Waals surface area contributed by atoms with E-state index in [0.717, 1.165) is 49.3 Å². The molecule has 1 unspecified atom stereocenters. The Kier molecular flexibility index (Phi) is 6.12. The van der Waals surface area contributed by atoms with Gasteiger partial charge in [0.2, 0.25) is 5.91 Å². The van der Waals surface area contributed by atoms with Crippen LogP contribution in [0.2, 0.25) is 0 Å². The summed E-state index contributed by atoms with van der Waals surface area (Å²) in [6.07, 6.45) is 11.7. The van der Waals surface area contributed by atoms with E-state index < -0.39 is 11.5 Å². The number of carbonyl (C=O) groups excluding carboxylic acids is 2. The number of primary amides is 1. The lowest BCUT2D eigenvalue weighted by atomic mass is 9.85. The maximum absolute atomic E-state index is 12.4. The molecule has 2 amide bonds. The zero-order valence-corrected chi connectivity index (χ0v) is 15.3. The van der Waals surface area contributed by atoms with E-state index in [1.165, 1.54) is 32.1 Å². The summed E-state index contributed by atoms with van der Waals surface area (Å²) in [5.41, 5.74) is 6.43. The molecular weight excluding hydrogens is 330 g/mol. The van der Waals surface area contributed by atoms with Crippen molar-refractivity contribution in [3.8, 4) is 0 Å². The molecule has 1 saturated carbocycles. The summed E-state index contributed by atoms with van der Waals surface area (Å²) in [6.45, 7) is 0. The maximum Gasteiger partial charge on any atom is 0.261 e. The Morgan fingerprint density at radius 2 is 1.92 bits per heavy atom. The van der Waals surface area contributed by atoms with E-state index in [9.17, 15) is 14.4 Å². The molecule has 2 aliphatic rings. The van der Waals surface area contributed by atoms with Crippen molar-refractivity contribution in [1.82, 2.24) is 10.3 Å². The van der Waals surface area contributed by atoms with Crippen molar-refractivity contribution in [1.29, 1.82) is 0 Å². The van der Waals surface area contributed by atoms with Crippen LogP contribution in [0.5, 0.6) is 0 Å². The van der Waals surface area contributed by atoms with Gasteiger partial charge in [-0.1, -0.05) is 32.1 Å². The average molecular weight is 359 g/mol. The molecule has 0 aromatic carbocycles. The van der Waals surface area contributed by atoms with Crippen LogP contribution in [-0.2, 0) is 11.2 Å². The Morgan fingerprint density at radius 1 is 1.15 bits per heavy atom. The standard InChI is InChI=1S/C20H29N3O3/c21-19(25)15-12-14-16(9-5-10-17(14)23-20(15)26)22-18(24)11-4-8-13-6-2-1-3-7-13/h12-13,16H,1-11H2,(H2,21,25)(H,22,24)(H,23,26). The maximum atomic E-state index is 12.4. The van der Waals surface area contributed by atoms with E-state index in [1.54, 1.807) is 6.07 Å². The molecule has 3 rings (SSSR count). The summed E-state index contributed by atoms with van der Waals surface area (Å²) in [5.74, 6) is 0.0952. The summed E-state index contributed by atoms with van der Waals surface area (Å²) in [4.78, 5) is 38.5. The van der Waals surface area contributed by atoms with Crippen molar-refractivity contribution < 1.29 is 9.59 Å². The second-order valence-corrected chi connectivity index (χ2v) is 7.72. The zero-order chi connectivity index (χ0) is 18.5. The van der Waals surface area contributed by atoms with Crippen molar-refractivity contribution in [3.05, 3.63) is 33.2 Å². The van der Waals surface area contributed by atoms with Gasteiger partial charge in [-0.15, -0.1) is 0 Å². The third-order valence-electron chi connectivity index (χ3n) is 5.79. The number of fused-ring (bicyclic) bond motifs is 1. The predicted molar refractivity (Wildman–Crippen MR) is 99.8 cm³/mol. The summed E-state index contributed by atoms with van der Waals surface area (Å²) >= 11 is 0. The van der Waals surface area contributed by atoms with Crippen LogP contribution in [0.15, 0.2) is 10.9 Å². The van der Waals surface area contributed by atoms with Crippen LogP contribution in [-0.4, -0.2) is 16.8 Å². The van der Waals surface area contributed by atoms with Crippen LogP contribution in [0.1, 0.15) is 91.9 Å². The molecule has 1 heterocycles. The predicted octanol–water partition coefficient (Wildman–Crippen LogP) is 2.72. The monoisotopic (exact) mass is 359 g/mol. The van der Waals surface area contributed by atoms with E-state index in [4.69, 9.17) is 5.73 Å². The molecule has 142 valence electrons. The number of hydrogen-bond donors (Lipinski definition) is 3. The Labute approximate surface area is 153 Å². The molecule has 0 radical (unpaired) electrons. The van der Waals surface area contributed by atoms with Gasteiger partial charge in [-0.2, -0.15) is 0 Å². The van der Waals surface area contributed by atoms with Crippen molar-refractivity contribution in [3.63, 3.8) is 0 Å². The number of aromatic nitrogens is 1. The van der Waals surface area contributed by atoms with E-state index in [-0.39, 0.29) is 17.5 Å². The third kappa shape index (κ3) is 4.54. The van der Waals surface area contributed by atoms with Gasteiger partial charge in [0.05, 0.1) is 6.04 Å². The van der Waals surface area contributed by atoms with Crippen LogP contribution >= 0.6 is 0 Å². The lowest BCUT2D eigenvalue weighted by Gasteiger charge is -2.26. The van der Waals surface area contributed by atoms with E-state index in [2.05, 4.69) is 10.3 Å². The fraction of sp³-hybridized carbons (Fsp3) is 0.650. The summed E-state index contributed by atoms with van der Waals surface area (Å²) in [7, 11) is 0. The van der Waals surface area contributed by atoms with Gasteiger partial charge in [-0.25, -0.2) is 0 Å². The first-order valence-electron chi connectivity index (χ1n) is 9.90. The fourth-order valence-corrected chi connectivity index (χ4v) is 4.37. The molecule has 0 saturated heterocycles. The minimum absolute atomic E-state index is 0.0396. The normalized spacial score (nSPS) is 20.4. The molecule has 0 bridgehead atoms. The molecule has 0 aliphatic heterocycles. The number of rotatable bonds is 6. The van der Waals surface area contributed by atoms with E-state index >= 15 is 0 Å². The van der Waals surface area contributed by atoms with Gasteiger partial charge >= 0.3 is 0 Å². The van der Waals surface area contributed by atoms with Crippen molar-refractivity contribution in [2.24, 2.45) is 11.7 Å². The minimum atomic E-state index is -0.739. The van der Waals surface area contributed by atoms with Crippen LogP contribution in [0.4, 0.5) is 0 Å². The number of amides is 2. The van der Waals surface area contributed by atoms with Gasteiger partial charge in [-0.3, -0.25) is 14.4 Å². The van der Waals surface area contributed by atoms with Gasteiger partial charge in [0.1, 0.15) is 5.56 Å². The second kappa shape index (κ2) is 8.52. The first kappa shape index (κ1) is 18.7. The van der Waals surface area contributed by atoms with Gasteiger partial charge < -0.3 is 16.0 Å². The molecule has 4 N–H and O–H groups in total. The van der Waals surface area contributed by atoms with Crippen LogP contribution in [0.3, 0.4) is 0 Å².